The third-order valence-electron chi connectivity index (χ3n) is 2.09. The van der Waals surface area contributed by atoms with E-state index in [1.807, 2.05) is 5.32 Å². The number of aromatic hydroxyl groups is 1. The molecular formula is C8H8F3N2O6P. The Balaban J connectivity index is 3.29. The zero-order valence-electron chi connectivity index (χ0n) is 9.46. The molecule has 1 rings (SSSR count). The molecule has 0 aliphatic rings. The summed E-state index contributed by atoms with van der Waals surface area (Å²) in [6.07, 6.45) is -6.03. The van der Waals surface area contributed by atoms with Gasteiger partial charge in [0.05, 0.1) is 4.92 Å². The van der Waals surface area contributed by atoms with Crippen molar-refractivity contribution in [3.8, 4) is 5.75 Å². The Bertz CT molecular complexity index is 584. The van der Waals surface area contributed by atoms with Crippen molar-refractivity contribution >= 4 is 19.0 Å². The second kappa shape index (κ2) is 5.27. The molecule has 0 aliphatic carbocycles. The smallest absolute Gasteiger partial charge is 0.420 e. The molecule has 0 heterocycles. The van der Waals surface area contributed by atoms with E-state index >= 15 is 0 Å². The van der Waals surface area contributed by atoms with Crippen LogP contribution in [0.15, 0.2) is 12.1 Å². The molecule has 0 radical (unpaired) electrons. The first kappa shape index (κ1) is 16.2. The summed E-state index contributed by atoms with van der Waals surface area (Å²) in [5, 5.41) is 21.8. The van der Waals surface area contributed by atoms with Gasteiger partial charge in [-0.25, -0.2) is 0 Å². The molecule has 0 unspecified atom stereocenters. The first-order valence-corrected chi connectivity index (χ1v) is 6.58. The summed E-state index contributed by atoms with van der Waals surface area (Å²) in [6.45, 7) is 0. The molecule has 8 nitrogen and oxygen atoms in total. The highest BCUT2D eigenvalue weighted by Crippen LogP contribution is 2.42. The number of phenols is 1. The van der Waals surface area contributed by atoms with Crippen LogP contribution in [-0.4, -0.2) is 26.1 Å². The maximum absolute atomic E-state index is 12.5. The Kier molecular flexibility index (Phi) is 4.27. The lowest BCUT2D eigenvalue weighted by Crippen LogP contribution is -2.09. The number of hydrogen-bond donors (Lipinski definition) is 4. The maximum Gasteiger partial charge on any atom is 0.420 e. The van der Waals surface area contributed by atoms with Gasteiger partial charge in [0.25, 0.3) is 5.69 Å². The Labute approximate surface area is 109 Å². The highest BCUT2D eigenvalue weighted by molar-refractivity contribution is 7.51. The molecule has 1 aromatic carbocycles. The van der Waals surface area contributed by atoms with Crippen LogP contribution in [0.5, 0.6) is 5.75 Å². The molecule has 0 aromatic heterocycles. The quantitative estimate of drug-likeness (QED) is 0.378. The number of hydrogen-bond acceptors (Lipinski definition) is 5. The molecule has 1 aromatic rings. The monoisotopic (exact) mass is 316 g/mol. The zero-order valence-corrected chi connectivity index (χ0v) is 10.4. The molecule has 0 atom stereocenters. The van der Waals surface area contributed by atoms with E-state index in [0.717, 1.165) is 0 Å². The summed E-state index contributed by atoms with van der Waals surface area (Å²) >= 11 is 0. The van der Waals surface area contributed by atoms with E-state index in [9.17, 15) is 33.0 Å². The van der Waals surface area contributed by atoms with Gasteiger partial charge in [0, 0.05) is 12.1 Å². The second-order valence-electron chi connectivity index (χ2n) is 3.64. The van der Waals surface area contributed by atoms with E-state index in [-0.39, 0.29) is 6.07 Å². The number of nitrogens with one attached hydrogen (secondary N) is 1. The summed E-state index contributed by atoms with van der Waals surface area (Å²) in [5.41, 5.74) is -3.32. The van der Waals surface area contributed by atoms with Crippen molar-refractivity contribution in [1.29, 1.82) is 0 Å². The molecular weight excluding hydrogens is 308 g/mol. The van der Waals surface area contributed by atoms with Crippen molar-refractivity contribution < 1.29 is 37.6 Å². The molecule has 0 spiro atoms. The van der Waals surface area contributed by atoms with Crippen LogP contribution in [0.4, 0.5) is 24.5 Å². The standard InChI is InChI=1S/C8H8F3N2O6P/c9-8(10,11)4-1-6(13(15)16)5(2-7(4)14)12-3-20(17,18)19/h1-2,12,14H,3H2,(H2,17,18,19). The van der Waals surface area contributed by atoms with Crippen LogP contribution in [-0.2, 0) is 10.7 Å². The van der Waals surface area contributed by atoms with Crippen molar-refractivity contribution in [1.82, 2.24) is 0 Å². The number of nitro groups is 1. The predicted octanol–water partition coefficient (Wildman–Crippen LogP) is 1.87. The lowest BCUT2D eigenvalue weighted by atomic mass is 10.1. The first-order valence-electron chi connectivity index (χ1n) is 4.79. The minimum atomic E-state index is -5.00. The van der Waals surface area contributed by atoms with Crippen LogP contribution in [0.1, 0.15) is 5.56 Å². The molecule has 12 heteroatoms. The normalized spacial score (nSPS) is 12.2. The number of halogens is 3. The zero-order chi connectivity index (χ0) is 15.7. The van der Waals surface area contributed by atoms with Crippen LogP contribution >= 0.6 is 7.60 Å². The van der Waals surface area contributed by atoms with Crippen molar-refractivity contribution in [3.05, 3.63) is 27.8 Å². The van der Waals surface area contributed by atoms with Crippen LogP contribution in [0, 0.1) is 10.1 Å². The third kappa shape index (κ3) is 4.08. The first-order chi connectivity index (χ1) is 8.92. The van der Waals surface area contributed by atoms with Gasteiger partial charge in [-0.1, -0.05) is 0 Å². The summed E-state index contributed by atoms with van der Waals surface area (Å²) < 4.78 is 48.0. The summed E-state index contributed by atoms with van der Waals surface area (Å²) in [5.74, 6) is -1.30. The average molecular weight is 316 g/mol. The van der Waals surface area contributed by atoms with Crippen LogP contribution < -0.4 is 5.32 Å². The number of phenolic OH excluding ortho intramolecular Hbond substituents is 1. The third-order valence-corrected chi connectivity index (χ3v) is 2.66. The van der Waals surface area contributed by atoms with E-state index < -0.39 is 47.7 Å². The van der Waals surface area contributed by atoms with E-state index in [2.05, 4.69) is 0 Å². The average Bonchev–Trinajstić information content (AvgIpc) is 2.23. The van der Waals surface area contributed by atoms with Gasteiger partial charge in [-0.15, -0.1) is 0 Å². The van der Waals surface area contributed by atoms with Gasteiger partial charge in [-0.05, 0) is 0 Å². The van der Waals surface area contributed by atoms with Crippen molar-refractivity contribution in [2.45, 2.75) is 6.18 Å². The topological polar surface area (TPSA) is 133 Å². The fraction of sp³-hybridized carbons (Fsp3) is 0.250. The number of anilines is 1. The van der Waals surface area contributed by atoms with Crippen LogP contribution in [0.2, 0.25) is 0 Å². The molecule has 0 saturated heterocycles. The minimum absolute atomic E-state index is 0.0807. The van der Waals surface area contributed by atoms with Gasteiger partial charge in [-0.2, -0.15) is 13.2 Å². The van der Waals surface area contributed by atoms with Gasteiger partial charge < -0.3 is 20.2 Å². The van der Waals surface area contributed by atoms with Crippen molar-refractivity contribution in [2.75, 3.05) is 11.6 Å². The lowest BCUT2D eigenvalue weighted by Gasteiger charge is -2.12. The predicted molar refractivity (Wildman–Crippen MR) is 60.3 cm³/mol. The summed E-state index contributed by atoms with van der Waals surface area (Å²) in [6, 6.07) is 0.466. The van der Waals surface area contributed by atoms with Crippen molar-refractivity contribution in [2.24, 2.45) is 0 Å². The molecule has 112 valence electrons. The van der Waals surface area contributed by atoms with E-state index in [1.165, 1.54) is 0 Å². The molecule has 0 bridgehead atoms. The Morgan fingerprint density at radius 3 is 2.30 bits per heavy atom. The lowest BCUT2D eigenvalue weighted by molar-refractivity contribution is -0.384. The second-order valence-corrected chi connectivity index (χ2v) is 5.29. The van der Waals surface area contributed by atoms with Gasteiger partial charge >= 0.3 is 13.8 Å². The summed E-state index contributed by atoms with van der Waals surface area (Å²) in [4.78, 5) is 26.7. The van der Waals surface area contributed by atoms with Gasteiger partial charge in [0.15, 0.2) is 0 Å². The van der Waals surface area contributed by atoms with Crippen LogP contribution in [0.25, 0.3) is 0 Å². The fourth-order valence-electron chi connectivity index (χ4n) is 1.28. The van der Waals surface area contributed by atoms with Gasteiger partial charge in [0.2, 0.25) is 0 Å². The Hall–Kier alpha value is -1.84. The van der Waals surface area contributed by atoms with Gasteiger partial charge in [0.1, 0.15) is 23.3 Å². The molecule has 20 heavy (non-hydrogen) atoms. The largest absolute Gasteiger partial charge is 0.507 e. The number of nitro benzene ring substituents is 1. The Morgan fingerprint density at radius 2 is 1.90 bits per heavy atom. The van der Waals surface area contributed by atoms with Crippen LogP contribution in [0.3, 0.4) is 0 Å². The highest BCUT2D eigenvalue weighted by Gasteiger charge is 2.37. The van der Waals surface area contributed by atoms with Crippen molar-refractivity contribution in [3.63, 3.8) is 0 Å². The molecule has 0 fully saturated rings. The molecule has 0 saturated carbocycles. The number of nitrogens with zero attached hydrogens (tertiary/aromatic N) is 1. The summed E-state index contributed by atoms with van der Waals surface area (Å²) in [7, 11) is -4.58. The van der Waals surface area contributed by atoms with E-state index in [4.69, 9.17) is 9.79 Å². The number of alkyl halides is 3. The fourth-order valence-corrected chi connectivity index (χ4v) is 1.66. The molecule has 0 aliphatic heterocycles. The number of rotatable bonds is 4. The van der Waals surface area contributed by atoms with E-state index in [0.29, 0.717) is 6.07 Å². The molecule has 0 amide bonds. The maximum atomic E-state index is 12.5. The number of benzene rings is 1. The minimum Gasteiger partial charge on any atom is -0.507 e. The SMILES string of the molecule is O=[N+]([O-])c1cc(C(F)(F)F)c(O)cc1NCP(=O)(O)O. The highest BCUT2D eigenvalue weighted by atomic mass is 31.2. The molecule has 4 N–H and O–H groups in total. The Morgan fingerprint density at radius 1 is 1.35 bits per heavy atom. The van der Waals surface area contributed by atoms with Gasteiger partial charge in [-0.3, -0.25) is 14.7 Å². The van der Waals surface area contributed by atoms with E-state index in [1.54, 1.807) is 0 Å².